The summed E-state index contributed by atoms with van der Waals surface area (Å²) in [4.78, 5) is 2.33. The molecule has 110 valence electrons. The molecule has 20 heavy (non-hydrogen) atoms. The van der Waals surface area contributed by atoms with Crippen LogP contribution < -0.4 is 10.6 Å². The first-order valence-electron chi connectivity index (χ1n) is 7.32. The largest absolute Gasteiger partial charge is 0.409 e. The van der Waals surface area contributed by atoms with Crippen LogP contribution in [0.2, 0.25) is 0 Å². The highest BCUT2D eigenvalue weighted by atomic mass is 16.4. The molecule has 1 aromatic rings. The average molecular weight is 275 g/mol. The van der Waals surface area contributed by atoms with E-state index in [9.17, 15) is 0 Å². The Labute approximate surface area is 121 Å². The predicted octanol–water partition coefficient (Wildman–Crippen LogP) is 3.04. The molecule has 0 heterocycles. The van der Waals surface area contributed by atoms with Gasteiger partial charge in [0.25, 0.3) is 0 Å². The minimum atomic E-state index is 0.158. The normalized spacial score (nSPS) is 27.4. The number of anilines is 1. The van der Waals surface area contributed by atoms with Gasteiger partial charge in [0.1, 0.15) is 0 Å². The standard InChI is InChI=1S/C16H25N3O/c1-11-7-12(2)9-15(8-11)19(3)14-6-4-5-13(10-14)16(17)18-20/h4-6,10-12,15,20H,7-9H2,1-3H3,(H2,17,18). The molecule has 1 aromatic carbocycles. The van der Waals surface area contributed by atoms with Crippen molar-refractivity contribution in [3.8, 4) is 0 Å². The summed E-state index contributed by atoms with van der Waals surface area (Å²) in [6.45, 7) is 4.67. The van der Waals surface area contributed by atoms with E-state index in [1.807, 2.05) is 18.2 Å². The first-order valence-corrected chi connectivity index (χ1v) is 7.32. The van der Waals surface area contributed by atoms with E-state index in [0.29, 0.717) is 6.04 Å². The lowest BCUT2D eigenvalue weighted by Crippen LogP contribution is -2.38. The summed E-state index contributed by atoms with van der Waals surface area (Å²) in [5.74, 6) is 1.71. The molecule has 2 unspecified atom stereocenters. The highest BCUT2D eigenvalue weighted by Gasteiger charge is 2.26. The van der Waals surface area contributed by atoms with E-state index in [-0.39, 0.29) is 5.84 Å². The number of hydrogen-bond acceptors (Lipinski definition) is 3. The number of rotatable bonds is 3. The van der Waals surface area contributed by atoms with Crippen LogP contribution in [-0.2, 0) is 0 Å². The third-order valence-electron chi connectivity index (χ3n) is 4.36. The second-order valence-corrected chi connectivity index (χ2v) is 6.22. The van der Waals surface area contributed by atoms with E-state index in [0.717, 1.165) is 23.1 Å². The number of hydrogen-bond donors (Lipinski definition) is 2. The molecule has 0 amide bonds. The van der Waals surface area contributed by atoms with Crippen molar-refractivity contribution in [3.63, 3.8) is 0 Å². The molecule has 1 aliphatic carbocycles. The maximum absolute atomic E-state index is 8.79. The van der Waals surface area contributed by atoms with Gasteiger partial charge in [-0.2, -0.15) is 0 Å². The second kappa shape index (κ2) is 6.16. The second-order valence-electron chi connectivity index (χ2n) is 6.22. The van der Waals surface area contributed by atoms with Crippen molar-refractivity contribution in [3.05, 3.63) is 29.8 Å². The van der Waals surface area contributed by atoms with Gasteiger partial charge in [-0.15, -0.1) is 0 Å². The van der Waals surface area contributed by atoms with Crippen LogP contribution in [0, 0.1) is 11.8 Å². The molecule has 1 saturated carbocycles. The van der Waals surface area contributed by atoms with Crippen molar-refractivity contribution >= 4 is 11.5 Å². The Morgan fingerprint density at radius 3 is 2.50 bits per heavy atom. The SMILES string of the molecule is CC1CC(C)CC(N(C)c2cccc(C(N)=NO)c2)C1. The van der Waals surface area contributed by atoms with Gasteiger partial charge in [0.05, 0.1) is 0 Å². The zero-order valence-corrected chi connectivity index (χ0v) is 12.6. The highest BCUT2D eigenvalue weighted by molar-refractivity contribution is 5.97. The maximum Gasteiger partial charge on any atom is 0.170 e. The number of amidine groups is 1. The van der Waals surface area contributed by atoms with Gasteiger partial charge < -0.3 is 15.8 Å². The molecular formula is C16H25N3O. The van der Waals surface area contributed by atoms with Crippen LogP contribution in [0.1, 0.15) is 38.7 Å². The fourth-order valence-electron chi connectivity index (χ4n) is 3.37. The van der Waals surface area contributed by atoms with Crippen molar-refractivity contribution in [2.75, 3.05) is 11.9 Å². The molecule has 1 fully saturated rings. The molecule has 3 N–H and O–H groups in total. The number of oxime groups is 1. The van der Waals surface area contributed by atoms with Crippen molar-refractivity contribution in [1.82, 2.24) is 0 Å². The minimum Gasteiger partial charge on any atom is -0.409 e. The van der Waals surface area contributed by atoms with Crippen molar-refractivity contribution in [2.45, 2.75) is 39.2 Å². The topological polar surface area (TPSA) is 61.8 Å². The quantitative estimate of drug-likeness (QED) is 0.386. The fraction of sp³-hybridized carbons (Fsp3) is 0.562. The van der Waals surface area contributed by atoms with Crippen LogP contribution >= 0.6 is 0 Å². The maximum atomic E-state index is 8.79. The summed E-state index contributed by atoms with van der Waals surface area (Å²) in [5.41, 5.74) is 7.55. The van der Waals surface area contributed by atoms with Gasteiger partial charge in [0.15, 0.2) is 5.84 Å². The zero-order chi connectivity index (χ0) is 14.7. The molecule has 0 aromatic heterocycles. The van der Waals surface area contributed by atoms with Crippen LogP contribution in [0.25, 0.3) is 0 Å². The molecule has 4 nitrogen and oxygen atoms in total. The summed E-state index contributed by atoms with van der Waals surface area (Å²) in [6, 6.07) is 8.45. The van der Waals surface area contributed by atoms with E-state index in [1.54, 1.807) is 0 Å². The third-order valence-corrected chi connectivity index (χ3v) is 4.36. The Morgan fingerprint density at radius 2 is 1.90 bits per heavy atom. The summed E-state index contributed by atoms with van der Waals surface area (Å²) in [7, 11) is 2.14. The summed E-state index contributed by atoms with van der Waals surface area (Å²) in [6.07, 6.45) is 3.79. The number of benzene rings is 1. The summed E-state index contributed by atoms with van der Waals surface area (Å²) in [5, 5.41) is 11.9. The average Bonchev–Trinajstić information content (AvgIpc) is 2.44. The van der Waals surface area contributed by atoms with Crippen LogP contribution in [0.15, 0.2) is 29.4 Å². The van der Waals surface area contributed by atoms with E-state index in [1.165, 1.54) is 19.3 Å². The molecule has 4 heteroatoms. The molecule has 0 bridgehead atoms. The van der Waals surface area contributed by atoms with Crippen LogP contribution in [0.5, 0.6) is 0 Å². The van der Waals surface area contributed by atoms with Gasteiger partial charge in [0.2, 0.25) is 0 Å². The van der Waals surface area contributed by atoms with Crippen molar-refractivity contribution < 1.29 is 5.21 Å². The lowest BCUT2D eigenvalue weighted by atomic mass is 9.80. The van der Waals surface area contributed by atoms with Crippen LogP contribution in [-0.4, -0.2) is 24.1 Å². The molecule has 0 spiro atoms. The highest BCUT2D eigenvalue weighted by Crippen LogP contribution is 2.33. The molecule has 2 rings (SSSR count). The Hall–Kier alpha value is -1.71. The summed E-state index contributed by atoms with van der Waals surface area (Å²) < 4.78 is 0. The van der Waals surface area contributed by atoms with Crippen LogP contribution in [0.4, 0.5) is 5.69 Å². The van der Waals surface area contributed by atoms with Gasteiger partial charge in [-0.05, 0) is 43.2 Å². The smallest absolute Gasteiger partial charge is 0.170 e. The van der Waals surface area contributed by atoms with E-state index in [4.69, 9.17) is 10.9 Å². The molecule has 2 atom stereocenters. The minimum absolute atomic E-state index is 0.158. The summed E-state index contributed by atoms with van der Waals surface area (Å²) >= 11 is 0. The van der Waals surface area contributed by atoms with Gasteiger partial charge in [-0.25, -0.2) is 0 Å². The van der Waals surface area contributed by atoms with Gasteiger partial charge in [0, 0.05) is 24.3 Å². The Kier molecular flexibility index (Phi) is 4.53. The molecule has 1 aliphatic rings. The third kappa shape index (κ3) is 3.24. The molecule has 0 aliphatic heterocycles. The van der Waals surface area contributed by atoms with Crippen molar-refractivity contribution in [1.29, 1.82) is 0 Å². The van der Waals surface area contributed by atoms with Gasteiger partial charge in [-0.3, -0.25) is 0 Å². The van der Waals surface area contributed by atoms with E-state index in [2.05, 4.69) is 37.0 Å². The van der Waals surface area contributed by atoms with E-state index < -0.39 is 0 Å². The molecule has 0 saturated heterocycles. The molecular weight excluding hydrogens is 250 g/mol. The molecule has 0 radical (unpaired) electrons. The van der Waals surface area contributed by atoms with Crippen molar-refractivity contribution in [2.24, 2.45) is 22.7 Å². The van der Waals surface area contributed by atoms with Crippen LogP contribution in [0.3, 0.4) is 0 Å². The van der Waals surface area contributed by atoms with E-state index >= 15 is 0 Å². The zero-order valence-electron chi connectivity index (χ0n) is 12.6. The first-order chi connectivity index (χ1) is 9.51. The monoisotopic (exact) mass is 275 g/mol. The number of nitrogens with zero attached hydrogens (tertiary/aromatic N) is 2. The van der Waals surface area contributed by atoms with Gasteiger partial charge >= 0.3 is 0 Å². The first kappa shape index (κ1) is 14.7. The van der Waals surface area contributed by atoms with Gasteiger partial charge in [-0.1, -0.05) is 31.1 Å². The Balaban J connectivity index is 2.18. The fourth-order valence-corrected chi connectivity index (χ4v) is 3.37. The lowest BCUT2D eigenvalue weighted by molar-refractivity contribution is 0.264. The predicted molar refractivity (Wildman–Crippen MR) is 83.3 cm³/mol. The number of nitrogens with two attached hydrogens (primary N) is 1. The Bertz CT molecular complexity index is 476. The lowest BCUT2D eigenvalue weighted by Gasteiger charge is -2.38. The Morgan fingerprint density at radius 1 is 1.25 bits per heavy atom.